The molecule has 0 bridgehead atoms. The number of hydrogen-bond acceptors (Lipinski definition) is 2. The van der Waals surface area contributed by atoms with Gasteiger partial charge in [-0.15, -0.1) is 0 Å². The van der Waals surface area contributed by atoms with Gasteiger partial charge >= 0.3 is 0 Å². The second kappa shape index (κ2) is 4.33. The van der Waals surface area contributed by atoms with Gasteiger partial charge in [-0.25, -0.2) is 8.78 Å². The topological polar surface area (TPSA) is 54.4 Å². The van der Waals surface area contributed by atoms with Gasteiger partial charge in [-0.1, -0.05) is 0 Å². The van der Waals surface area contributed by atoms with Gasteiger partial charge in [0.15, 0.2) is 0 Å². The Bertz CT molecular complexity index is 300. The van der Waals surface area contributed by atoms with Crippen LogP contribution in [-0.2, 0) is 10.1 Å². The molecular weight excluding hydrogens is 226 g/mol. The van der Waals surface area contributed by atoms with Crippen molar-refractivity contribution in [2.45, 2.75) is 38.5 Å². The molecule has 1 fully saturated rings. The Kier molecular flexibility index (Phi) is 3.71. The first kappa shape index (κ1) is 12.8. The molecule has 0 aromatic rings. The quantitative estimate of drug-likeness (QED) is 0.773. The van der Waals surface area contributed by atoms with Crippen LogP contribution in [0.4, 0.5) is 8.78 Å². The van der Waals surface area contributed by atoms with Gasteiger partial charge in [0.2, 0.25) is 5.92 Å². The van der Waals surface area contributed by atoms with Gasteiger partial charge in [-0.2, -0.15) is 8.42 Å². The molecule has 0 heterocycles. The summed E-state index contributed by atoms with van der Waals surface area (Å²) in [5.41, 5.74) is 0. The summed E-state index contributed by atoms with van der Waals surface area (Å²) in [5.74, 6) is -3.79. The molecule has 0 aromatic carbocycles. The number of halogens is 2. The Morgan fingerprint density at radius 3 is 2.07 bits per heavy atom. The van der Waals surface area contributed by atoms with Crippen LogP contribution in [0.3, 0.4) is 0 Å². The van der Waals surface area contributed by atoms with E-state index >= 15 is 0 Å². The van der Waals surface area contributed by atoms with Crippen LogP contribution in [0.15, 0.2) is 0 Å². The Morgan fingerprint density at radius 1 is 1.27 bits per heavy atom. The molecule has 1 aliphatic carbocycles. The number of rotatable bonds is 3. The first-order chi connectivity index (χ1) is 6.68. The fourth-order valence-corrected chi connectivity index (χ4v) is 3.06. The van der Waals surface area contributed by atoms with Crippen molar-refractivity contribution in [3.05, 3.63) is 0 Å². The molecule has 0 unspecified atom stereocenters. The summed E-state index contributed by atoms with van der Waals surface area (Å²) < 4.78 is 55.6. The van der Waals surface area contributed by atoms with E-state index in [1.54, 1.807) is 0 Å². The predicted octanol–water partition coefficient (Wildman–Crippen LogP) is 2.34. The highest BCUT2D eigenvalue weighted by molar-refractivity contribution is 7.85. The van der Waals surface area contributed by atoms with Crippen LogP contribution in [0.25, 0.3) is 0 Å². The smallest absolute Gasteiger partial charge is 0.265 e. The van der Waals surface area contributed by atoms with Crippen molar-refractivity contribution < 1.29 is 21.8 Å². The summed E-state index contributed by atoms with van der Waals surface area (Å²) in [7, 11) is -3.96. The average Bonchev–Trinajstić information content (AvgIpc) is 2.00. The lowest BCUT2D eigenvalue weighted by atomic mass is 9.80. The van der Waals surface area contributed by atoms with Crippen molar-refractivity contribution in [2.75, 3.05) is 5.75 Å². The SMILES string of the molecule is CC(F)(F)C1CCC(CS(=O)(=O)O)CC1. The van der Waals surface area contributed by atoms with Gasteiger partial charge in [0.25, 0.3) is 10.1 Å². The zero-order chi connectivity index (χ0) is 11.7. The molecule has 0 atom stereocenters. The minimum atomic E-state index is -3.96. The third kappa shape index (κ3) is 4.42. The van der Waals surface area contributed by atoms with E-state index < -0.39 is 22.0 Å². The summed E-state index contributed by atoms with van der Waals surface area (Å²) in [6.45, 7) is 0.904. The summed E-state index contributed by atoms with van der Waals surface area (Å²) in [6.07, 6.45) is 1.58. The summed E-state index contributed by atoms with van der Waals surface area (Å²) in [4.78, 5) is 0. The van der Waals surface area contributed by atoms with Gasteiger partial charge in [0.05, 0.1) is 5.75 Å². The fraction of sp³-hybridized carbons (Fsp3) is 1.00. The molecule has 0 radical (unpaired) electrons. The second-order valence-corrected chi connectivity index (χ2v) is 5.92. The van der Waals surface area contributed by atoms with E-state index in [0.717, 1.165) is 6.92 Å². The van der Waals surface area contributed by atoms with Crippen molar-refractivity contribution >= 4 is 10.1 Å². The van der Waals surface area contributed by atoms with E-state index in [2.05, 4.69) is 0 Å². The van der Waals surface area contributed by atoms with Crippen molar-refractivity contribution in [2.24, 2.45) is 11.8 Å². The van der Waals surface area contributed by atoms with Gasteiger partial charge in [0, 0.05) is 5.92 Å². The molecule has 1 saturated carbocycles. The van der Waals surface area contributed by atoms with Crippen molar-refractivity contribution in [3.63, 3.8) is 0 Å². The molecule has 1 aliphatic rings. The van der Waals surface area contributed by atoms with E-state index in [4.69, 9.17) is 4.55 Å². The minimum absolute atomic E-state index is 0.168. The molecule has 15 heavy (non-hydrogen) atoms. The van der Waals surface area contributed by atoms with Gasteiger partial charge in [-0.05, 0) is 38.5 Å². The number of alkyl halides is 2. The van der Waals surface area contributed by atoms with Crippen LogP contribution >= 0.6 is 0 Å². The first-order valence-electron chi connectivity index (χ1n) is 5.01. The van der Waals surface area contributed by atoms with E-state index in [-0.39, 0.29) is 11.7 Å². The fourth-order valence-electron chi connectivity index (χ4n) is 2.13. The maximum Gasteiger partial charge on any atom is 0.265 e. The highest BCUT2D eigenvalue weighted by Crippen LogP contribution is 2.38. The molecule has 1 N–H and O–H groups in total. The van der Waals surface area contributed by atoms with Gasteiger partial charge < -0.3 is 0 Å². The monoisotopic (exact) mass is 242 g/mol. The highest BCUT2D eigenvalue weighted by atomic mass is 32.2. The van der Waals surface area contributed by atoms with Crippen molar-refractivity contribution in [1.29, 1.82) is 0 Å². The Labute approximate surface area is 88.6 Å². The van der Waals surface area contributed by atoms with Crippen molar-refractivity contribution in [3.8, 4) is 0 Å². The van der Waals surface area contributed by atoms with E-state index in [0.29, 0.717) is 25.7 Å². The largest absolute Gasteiger partial charge is 0.286 e. The van der Waals surface area contributed by atoms with E-state index in [9.17, 15) is 17.2 Å². The van der Waals surface area contributed by atoms with Crippen LogP contribution in [0, 0.1) is 11.8 Å². The van der Waals surface area contributed by atoms with E-state index in [1.807, 2.05) is 0 Å². The lowest BCUT2D eigenvalue weighted by molar-refractivity contribution is -0.0568. The summed E-state index contributed by atoms with van der Waals surface area (Å²) in [6, 6.07) is 0. The van der Waals surface area contributed by atoms with Gasteiger partial charge in [0.1, 0.15) is 0 Å². The molecule has 1 rings (SSSR count). The molecule has 6 heteroatoms. The molecule has 0 aliphatic heterocycles. The lowest BCUT2D eigenvalue weighted by Gasteiger charge is -2.31. The molecule has 0 spiro atoms. The maximum atomic E-state index is 12.9. The molecule has 3 nitrogen and oxygen atoms in total. The maximum absolute atomic E-state index is 12.9. The van der Waals surface area contributed by atoms with E-state index in [1.165, 1.54) is 0 Å². The second-order valence-electron chi connectivity index (χ2n) is 4.42. The third-order valence-electron chi connectivity index (χ3n) is 3.01. The Hall–Kier alpha value is -0.230. The van der Waals surface area contributed by atoms with Crippen LogP contribution < -0.4 is 0 Å². The third-order valence-corrected chi connectivity index (χ3v) is 3.90. The zero-order valence-electron chi connectivity index (χ0n) is 8.62. The van der Waals surface area contributed by atoms with Crippen LogP contribution in [-0.4, -0.2) is 24.6 Å². The van der Waals surface area contributed by atoms with Crippen molar-refractivity contribution in [1.82, 2.24) is 0 Å². The minimum Gasteiger partial charge on any atom is -0.286 e. The summed E-state index contributed by atoms with van der Waals surface area (Å²) in [5, 5.41) is 0. The predicted molar refractivity (Wildman–Crippen MR) is 52.5 cm³/mol. The molecule has 0 amide bonds. The first-order valence-corrected chi connectivity index (χ1v) is 6.62. The highest BCUT2D eigenvalue weighted by Gasteiger charge is 2.37. The summed E-state index contributed by atoms with van der Waals surface area (Å²) >= 11 is 0. The molecule has 0 aromatic heterocycles. The zero-order valence-corrected chi connectivity index (χ0v) is 9.43. The van der Waals surface area contributed by atoms with Crippen LogP contribution in [0.5, 0.6) is 0 Å². The molecular formula is C9H16F2O3S. The normalized spacial score (nSPS) is 29.1. The Balaban J connectivity index is 2.43. The Morgan fingerprint density at radius 2 is 1.73 bits per heavy atom. The van der Waals surface area contributed by atoms with Crippen LogP contribution in [0.2, 0.25) is 0 Å². The van der Waals surface area contributed by atoms with Gasteiger partial charge in [-0.3, -0.25) is 4.55 Å². The standard InChI is InChI=1S/C9H16F2O3S/c1-9(10,11)8-4-2-7(3-5-8)6-15(12,13)14/h7-8H,2-6H2,1H3,(H,12,13,14). The lowest BCUT2D eigenvalue weighted by Crippen LogP contribution is -2.30. The van der Waals surface area contributed by atoms with Crippen LogP contribution in [0.1, 0.15) is 32.6 Å². The number of hydrogen-bond donors (Lipinski definition) is 1. The molecule has 0 saturated heterocycles. The molecule has 90 valence electrons. The average molecular weight is 242 g/mol.